The summed E-state index contributed by atoms with van der Waals surface area (Å²) in [6.07, 6.45) is 1.20. The van der Waals surface area contributed by atoms with Crippen LogP contribution in [-0.4, -0.2) is 77.2 Å². The maximum Gasteiger partial charge on any atom is 0.277 e. The van der Waals surface area contributed by atoms with Crippen molar-refractivity contribution < 1.29 is 24.9 Å². The van der Waals surface area contributed by atoms with Gasteiger partial charge in [-0.2, -0.15) is 0 Å². The molecule has 178 valence electrons. The Morgan fingerprint density at radius 3 is 2.09 bits per heavy atom. The van der Waals surface area contributed by atoms with Gasteiger partial charge in [0.2, 0.25) is 0 Å². The predicted octanol–water partition coefficient (Wildman–Crippen LogP) is 1.91. The van der Waals surface area contributed by atoms with Crippen LogP contribution in [-0.2, 0) is 9.59 Å². The zero-order chi connectivity index (χ0) is 24.6. The van der Waals surface area contributed by atoms with Crippen molar-refractivity contribution in [3.05, 3.63) is 47.0 Å². The molecule has 1 aliphatic heterocycles. The summed E-state index contributed by atoms with van der Waals surface area (Å²) in [7, 11) is 0. The normalized spacial score (nSPS) is 15.9. The first-order valence-electron chi connectivity index (χ1n) is 10.9. The molecule has 0 radical (unpaired) electrons. The fraction of sp³-hybridized carbons (Fsp3) is 0.500. The lowest BCUT2D eigenvalue weighted by atomic mass is 9.92. The fourth-order valence-electron chi connectivity index (χ4n) is 3.43. The van der Waals surface area contributed by atoms with Crippen LogP contribution in [0.25, 0.3) is 4.85 Å². The molecule has 1 aromatic rings. The smallest absolute Gasteiger partial charge is 0.277 e. The maximum atomic E-state index is 13.1. The molecule has 0 saturated carbocycles. The lowest BCUT2D eigenvalue weighted by Gasteiger charge is -2.33. The van der Waals surface area contributed by atoms with Crippen molar-refractivity contribution >= 4 is 28.9 Å². The van der Waals surface area contributed by atoms with E-state index < -0.39 is 17.2 Å². The Morgan fingerprint density at radius 2 is 1.61 bits per heavy atom. The number of carbonyl (C=O) groups excluding carboxylic acids is 2. The fourth-order valence-corrected chi connectivity index (χ4v) is 3.43. The summed E-state index contributed by atoms with van der Waals surface area (Å²) in [5, 5.41) is 27.8. The number of benzene rings is 1. The van der Waals surface area contributed by atoms with E-state index in [0.717, 1.165) is 10.6 Å². The quantitative estimate of drug-likeness (QED) is 0.346. The van der Waals surface area contributed by atoms with Gasteiger partial charge < -0.3 is 20.2 Å². The van der Waals surface area contributed by atoms with Crippen LogP contribution in [0.4, 0.5) is 11.4 Å². The standard InChI is InChI=1S/C24H32N4O5/c1-17-20(25-4)22(32)28(15-24(2,3)16-31)23(33)21(17)26-18-7-9-19(10-8-18)27(11-5-13-29)12-6-14-30/h7-10,29-31H,5-6,11-16H2,1-3H3. The van der Waals surface area contributed by atoms with Crippen LogP contribution >= 0.6 is 0 Å². The van der Waals surface area contributed by atoms with Gasteiger partial charge in [0.1, 0.15) is 5.71 Å². The first kappa shape index (κ1) is 26.2. The molecule has 1 aromatic carbocycles. The summed E-state index contributed by atoms with van der Waals surface area (Å²) in [5.41, 5.74) is 0.771. The predicted molar refractivity (Wildman–Crippen MR) is 126 cm³/mol. The average molecular weight is 457 g/mol. The molecule has 0 aromatic heterocycles. The molecule has 2 amide bonds. The van der Waals surface area contributed by atoms with Crippen molar-refractivity contribution in [3.63, 3.8) is 0 Å². The van der Waals surface area contributed by atoms with E-state index in [0.29, 0.717) is 31.6 Å². The third-order valence-electron chi connectivity index (χ3n) is 5.36. The lowest BCUT2D eigenvalue weighted by Crippen LogP contribution is -2.50. The topological polar surface area (TPSA) is 118 Å². The van der Waals surface area contributed by atoms with E-state index in [1.54, 1.807) is 26.0 Å². The molecular weight excluding hydrogens is 424 g/mol. The van der Waals surface area contributed by atoms with Crippen molar-refractivity contribution in [2.45, 2.75) is 33.6 Å². The van der Waals surface area contributed by atoms with Gasteiger partial charge in [-0.05, 0) is 49.6 Å². The van der Waals surface area contributed by atoms with Gasteiger partial charge >= 0.3 is 0 Å². The second kappa shape index (κ2) is 11.7. The van der Waals surface area contributed by atoms with Crippen molar-refractivity contribution in [3.8, 4) is 0 Å². The highest BCUT2D eigenvalue weighted by Crippen LogP contribution is 2.27. The van der Waals surface area contributed by atoms with E-state index in [-0.39, 0.29) is 43.3 Å². The van der Waals surface area contributed by atoms with E-state index in [2.05, 4.69) is 14.7 Å². The largest absolute Gasteiger partial charge is 0.396 e. The molecule has 9 nitrogen and oxygen atoms in total. The SMILES string of the molecule is [C-]#[N+]C1=C(C)C(=Nc2ccc(N(CCCO)CCCO)cc2)C(=O)N(CC(C)(C)CO)C1=O. The molecule has 3 N–H and O–H groups in total. The van der Waals surface area contributed by atoms with E-state index in [4.69, 9.17) is 16.8 Å². The van der Waals surface area contributed by atoms with Crippen LogP contribution < -0.4 is 4.90 Å². The van der Waals surface area contributed by atoms with Crippen LogP contribution in [0.5, 0.6) is 0 Å². The highest BCUT2D eigenvalue weighted by Gasteiger charge is 2.39. The molecule has 0 bridgehead atoms. The molecule has 0 saturated heterocycles. The summed E-state index contributed by atoms with van der Waals surface area (Å²) in [5.74, 6) is -1.27. The maximum absolute atomic E-state index is 13.1. The zero-order valence-electron chi connectivity index (χ0n) is 19.4. The Labute approximate surface area is 194 Å². The molecule has 1 heterocycles. The molecule has 0 atom stereocenters. The molecule has 0 spiro atoms. The van der Waals surface area contributed by atoms with Crippen molar-refractivity contribution in [1.82, 2.24) is 4.90 Å². The van der Waals surface area contributed by atoms with Crippen molar-refractivity contribution in [2.24, 2.45) is 10.4 Å². The van der Waals surface area contributed by atoms with Crippen LogP contribution in [0.15, 0.2) is 40.5 Å². The summed E-state index contributed by atoms with van der Waals surface area (Å²) in [6.45, 7) is 13.6. The second-order valence-corrected chi connectivity index (χ2v) is 8.72. The molecule has 0 fully saturated rings. The Bertz CT molecular complexity index is 952. The molecule has 0 unspecified atom stereocenters. The highest BCUT2D eigenvalue weighted by atomic mass is 16.3. The molecular formula is C24H32N4O5. The molecule has 1 aliphatic rings. The zero-order valence-corrected chi connectivity index (χ0v) is 19.4. The first-order valence-corrected chi connectivity index (χ1v) is 10.9. The van der Waals surface area contributed by atoms with Crippen LogP contribution in [0, 0.1) is 12.0 Å². The number of imide groups is 1. The molecule has 9 heteroatoms. The highest BCUT2D eigenvalue weighted by molar-refractivity contribution is 6.50. The minimum absolute atomic E-state index is 0.0273. The van der Waals surface area contributed by atoms with Crippen LogP contribution in [0.3, 0.4) is 0 Å². The van der Waals surface area contributed by atoms with E-state index in [9.17, 15) is 14.7 Å². The van der Waals surface area contributed by atoms with Gasteiger partial charge in [0.05, 0.1) is 12.3 Å². The number of nitrogens with zero attached hydrogens (tertiary/aromatic N) is 4. The number of aliphatic hydroxyl groups is 3. The molecule has 0 aliphatic carbocycles. The number of hydrogen-bond acceptors (Lipinski definition) is 7. The van der Waals surface area contributed by atoms with E-state index in [1.807, 2.05) is 12.1 Å². The Hall–Kier alpha value is -3.06. The lowest BCUT2D eigenvalue weighted by molar-refractivity contribution is -0.140. The van der Waals surface area contributed by atoms with Crippen LogP contribution in [0.1, 0.15) is 33.6 Å². The number of anilines is 1. The number of aliphatic imine (C=N–C) groups is 1. The monoisotopic (exact) mass is 456 g/mol. The number of hydrogen-bond donors (Lipinski definition) is 3. The van der Waals surface area contributed by atoms with Gasteiger partial charge in [-0.1, -0.05) is 13.8 Å². The summed E-state index contributed by atoms with van der Waals surface area (Å²) >= 11 is 0. The minimum Gasteiger partial charge on any atom is -0.396 e. The second-order valence-electron chi connectivity index (χ2n) is 8.72. The van der Waals surface area contributed by atoms with Gasteiger partial charge in [-0.3, -0.25) is 14.5 Å². The van der Waals surface area contributed by atoms with Crippen molar-refractivity contribution in [2.75, 3.05) is 44.4 Å². The van der Waals surface area contributed by atoms with Crippen molar-refractivity contribution in [1.29, 1.82) is 0 Å². The van der Waals surface area contributed by atoms with Gasteiger partial charge in [0.25, 0.3) is 17.5 Å². The summed E-state index contributed by atoms with van der Waals surface area (Å²) in [6, 6.07) is 7.16. The first-order chi connectivity index (χ1) is 15.7. The van der Waals surface area contributed by atoms with Crippen LogP contribution in [0.2, 0.25) is 0 Å². The third kappa shape index (κ3) is 6.48. The number of aliphatic hydroxyl groups excluding tert-OH is 3. The van der Waals surface area contributed by atoms with E-state index >= 15 is 0 Å². The Kier molecular flexibility index (Phi) is 9.29. The summed E-state index contributed by atoms with van der Waals surface area (Å²) in [4.78, 5) is 36.7. The summed E-state index contributed by atoms with van der Waals surface area (Å²) < 4.78 is 0. The van der Waals surface area contributed by atoms with E-state index in [1.165, 1.54) is 6.92 Å². The Morgan fingerprint density at radius 1 is 1.03 bits per heavy atom. The minimum atomic E-state index is -0.719. The number of carbonyl (C=O) groups is 2. The number of rotatable bonds is 11. The molecule has 2 rings (SSSR count). The van der Waals surface area contributed by atoms with Gasteiger partial charge in [0, 0.05) is 50.6 Å². The average Bonchev–Trinajstić information content (AvgIpc) is 2.80. The van der Waals surface area contributed by atoms with Gasteiger partial charge in [0.15, 0.2) is 0 Å². The number of amides is 2. The molecule has 33 heavy (non-hydrogen) atoms. The Balaban J connectivity index is 2.38. The van der Waals surface area contributed by atoms with Gasteiger partial charge in [-0.15, -0.1) is 0 Å². The van der Waals surface area contributed by atoms with Gasteiger partial charge in [-0.25, -0.2) is 9.84 Å². The third-order valence-corrected chi connectivity index (χ3v) is 5.36.